The molecule has 0 spiro atoms. The molecule has 3 rings (SSSR count). The third kappa shape index (κ3) is 3.63. The minimum Gasteiger partial charge on any atom is -0.491 e. The first kappa shape index (κ1) is 16.6. The van der Waals surface area contributed by atoms with Crippen LogP contribution in [0.2, 0.25) is 0 Å². The Labute approximate surface area is 141 Å². The van der Waals surface area contributed by atoms with Gasteiger partial charge in [-0.3, -0.25) is 0 Å². The minimum atomic E-state index is -0.502. The number of amides is 1. The quantitative estimate of drug-likeness (QED) is 0.795. The van der Waals surface area contributed by atoms with E-state index in [1.807, 2.05) is 26.8 Å². The summed E-state index contributed by atoms with van der Waals surface area (Å²) in [5.41, 5.74) is 0.934. The van der Waals surface area contributed by atoms with Gasteiger partial charge in [-0.15, -0.1) is 0 Å². The number of cyclic esters (lactones) is 1. The Kier molecular flexibility index (Phi) is 4.39. The standard InChI is InChI=1S/C18H23NO5/c1-18(2,3)24-17(21)19-8-4-5-13(19)11-22-14-6-7-15-12(9-14)10-23-16(15)20/h6-7,9,13H,4-5,8,10-11H2,1-3H3/t13-/m0/s1. The van der Waals surface area contributed by atoms with Crippen LogP contribution in [-0.2, 0) is 16.1 Å². The topological polar surface area (TPSA) is 65.1 Å². The largest absolute Gasteiger partial charge is 0.491 e. The van der Waals surface area contributed by atoms with Gasteiger partial charge in [-0.05, 0) is 51.8 Å². The summed E-state index contributed by atoms with van der Waals surface area (Å²) in [6, 6.07) is 5.32. The van der Waals surface area contributed by atoms with Gasteiger partial charge in [0.2, 0.25) is 0 Å². The molecule has 0 aromatic heterocycles. The molecule has 1 aromatic carbocycles. The second-order valence-electron chi connectivity index (χ2n) is 7.18. The van der Waals surface area contributed by atoms with E-state index < -0.39 is 5.60 Å². The molecule has 2 aliphatic rings. The van der Waals surface area contributed by atoms with E-state index in [1.165, 1.54) is 0 Å². The maximum atomic E-state index is 12.3. The van der Waals surface area contributed by atoms with Crippen LogP contribution in [0.5, 0.6) is 5.75 Å². The minimum absolute atomic E-state index is 0.00554. The van der Waals surface area contributed by atoms with Crippen molar-refractivity contribution in [1.29, 1.82) is 0 Å². The van der Waals surface area contributed by atoms with Crippen molar-refractivity contribution >= 4 is 12.1 Å². The number of carbonyl (C=O) groups excluding carboxylic acids is 2. The Hall–Kier alpha value is -2.24. The van der Waals surface area contributed by atoms with Crippen LogP contribution in [0.3, 0.4) is 0 Å². The highest BCUT2D eigenvalue weighted by Crippen LogP contribution is 2.26. The molecule has 0 saturated carbocycles. The first-order chi connectivity index (χ1) is 11.3. The highest BCUT2D eigenvalue weighted by Gasteiger charge is 2.32. The van der Waals surface area contributed by atoms with Gasteiger partial charge in [-0.25, -0.2) is 9.59 Å². The zero-order valence-electron chi connectivity index (χ0n) is 14.3. The molecule has 1 aromatic rings. The lowest BCUT2D eigenvalue weighted by molar-refractivity contribution is 0.0187. The van der Waals surface area contributed by atoms with Gasteiger partial charge in [0, 0.05) is 12.1 Å². The fourth-order valence-corrected chi connectivity index (χ4v) is 2.96. The fraction of sp³-hybridized carbons (Fsp3) is 0.556. The van der Waals surface area contributed by atoms with Gasteiger partial charge in [0.25, 0.3) is 0 Å². The monoisotopic (exact) mass is 333 g/mol. The lowest BCUT2D eigenvalue weighted by Gasteiger charge is -2.28. The molecule has 2 heterocycles. The molecule has 0 radical (unpaired) electrons. The Morgan fingerprint density at radius 3 is 2.92 bits per heavy atom. The van der Waals surface area contributed by atoms with E-state index in [0.29, 0.717) is 31.1 Å². The SMILES string of the molecule is CC(C)(C)OC(=O)N1CCC[C@H]1COc1ccc2c(c1)COC2=O. The van der Waals surface area contributed by atoms with Crippen molar-refractivity contribution < 1.29 is 23.8 Å². The number of fused-ring (bicyclic) bond motifs is 1. The number of benzene rings is 1. The van der Waals surface area contributed by atoms with Crippen LogP contribution in [0.25, 0.3) is 0 Å². The van der Waals surface area contributed by atoms with E-state index in [0.717, 1.165) is 18.4 Å². The van der Waals surface area contributed by atoms with Crippen molar-refractivity contribution in [3.8, 4) is 5.75 Å². The van der Waals surface area contributed by atoms with Gasteiger partial charge < -0.3 is 19.1 Å². The lowest BCUT2D eigenvalue weighted by Crippen LogP contribution is -2.42. The van der Waals surface area contributed by atoms with Crippen LogP contribution < -0.4 is 4.74 Å². The molecular formula is C18H23NO5. The van der Waals surface area contributed by atoms with Crippen molar-refractivity contribution in [3.05, 3.63) is 29.3 Å². The zero-order valence-corrected chi connectivity index (χ0v) is 14.3. The number of likely N-dealkylation sites (tertiary alicyclic amines) is 1. The van der Waals surface area contributed by atoms with Crippen molar-refractivity contribution in [2.75, 3.05) is 13.2 Å². The van der Waals surface area contributed by atoms with Gasteiger partial charge in [-0.1, -0.05) is 0 Å². The number of nitrogens with zero attached hydrogens (tertiary/aromatic N) is 1. The summed E-state index contributed by atoms with van der Waals surface area (Å²) in [7, 11) is 0. The summed E-state index contributed by atoms with van der Waals surface area (Å²) in [6.07, 6.45) is 1.55. The maximum Gasteiger partial charge on any atom is 0.410 e. The zero-order chi connectivity index (χ0) is 17.3. The highest BCUT2D eigenvalue weighted by molar-refractivity contribution is 5.93. The Balaban J connectivity index is 1.60. The van der Waals surface area contributed by atoms with Crippen LogP contribution in [0.15, 0.2) is 18.2 Å². The van der Waals surface area contributed by atoms with Crippen molar-refractivity contribution in [1.82, 2.24) is 4.90 Å². The molecule has 0 aliphatic carbocycles. The smallest absolute Gasteiger partial charge is 0.410 e. The fourth-order valence-electron chi connectivity index (χ4n) is 2.96. The molecule has 0 bridgehead atoms. The Morgan fingerprint density at radius 1 is 1.38 bits per heavy atom. The number of esters is 1. The second kappa shape index (κ2) is 6.34. The normalized spacial score (nSPS) is 19.9. The first-order valence-electron chi connectivity index (χ1n) is 8.26. The van der Waals surface area contributed by atoms with Crippen LogP contribution in [0.4, 0.5) is 4.79 Å². The molecule has 6 nitrogen and oxygen atoms in total. The molecule has 0 N–H and O–H groups in total. The predicted octanol–water partition coefficient (Wildman–Crippen LogP) is 3.14. The van der Waals surface area contributed by atoms with Gasteiger partial charge in [-0.2, -0.15) is 0 Å². The number of carbonyl (C=O) groups is 2. The summed E-state index contributed by atoms with van der Waals surface area (Å²) >= 11 is 0. The summed E-state index contributed by atoms with van der Waals surface area (Å²) < 4.78 is 16.3. The maximum absolute atomic E-state index is 12.3. The number of ether oxygens (including phenoxy) is 3. The summed E-state index contributed by atoms with van der Waals surface area (Å²) in [6.45, 7) is 6.97. The van der Waals surface area contributed by atoms with E-state index >= 15 is 0 Å². The van der Waals surface area contributed by atoms with Crippen LogP contribution in [-0.4, -0.2) is 41.8 Å². The van der Waals surface area contributed by atoms with Gasteiger partial charge in [0.05, 0.1) is 11.6 Å². The average molecular weight is 333 g/mol. The average Bonchev–Trinajstić information content (AvgIpc) is 3.10. The summed E-state index contributed by atoms with van der Waals surface area (Å²) in [5, 5.41) is 0. The molecule has 2 aliphatic heterocycles. The molecule has 130 valence electrons. The number of hydrogen-bond acceptors (Lipinski definition) is 5. The predicted molar refractivity (Wildman–Crippen MR) is 87.0 cm³/mol. The second-order valence-corrected chi connectivity index (χ2v) is 7.18. The molecule has 1 atom stereocenters. The van der Waals surface area contributed by atoms with Gasteiger partial charge >= 0.3 is 12.1 Å². The molecule has 24 heavy (non-hydrogen) atoms. The number of hydrogen-bond donors (Lipinski definition) is 0. The van der Waals surface area contributed by atoms with Crippen molar-refractivity contribution in [3.63, 3.8) is 0 Å². The number of rotatable bonds is 3. The summed E-state index contributed by atoms with van der Waals surface area (Å²) in [5.74, 6) is 0.395. The highest BCUT2D eigenvalue weighted by atomic mass is 16.6. The van der Waals surface area contributed by atoms with E-state index in [-0.39, 0.29) is 18.1 Å². The van der Waals surface area contributed by atoms with E-state index in [4.69, 9.17) is 14.2 Å². The van der Waals surface area contributed by atoms with Crippen LogP contribution in [0, 0.1) is 0 Å². The van der Waals surface area contributed by atoms with Crippen molar-refractivity contribution in [2.24, 2.45) is 0 Å². The van der Waals surface area contributed by atoms with E-state index in [9.17, 15) is 9.59 Å². The van der Waals surface area contributed by atoms with Crippen molar-refractivity contribution in [2.45, 2.75) is 51.9 Å². The molecule has 0 unspecified atom stereocenters. The Morgan fingerprint density at radius 2 is 2.17 bits per heavy atom. The van der Waals surface area contributed by atoms with Gasteiger partial charge in [0.15, 0.2) is 0 Å². The molecule has 6 heteroatoms. The van der Waals surface area contributed by atoms with Gasteiger partial charge in [0.1, 0.15) is 24.6 Å². The van der Waals surface area contributed by atoms with Crippen LogP contribution in [0.1, 0.15) is 49.5 Å². The van der Waals surface area contributed by atoms with E-state index in [1.54, 1.807) is 17.0 Å². The lowest BCUT2D eigenvalue weighted by atomic mass is 10.1. The first-order valence-corrected chi connectivity index (χ1v) is 8.26. The third-order valence-corrected chi connectivity index (χ3v) is 4.10. The molecule has 1 saturated heterocycles. The van der Waals surface area contributed by atoms with E-state index in [2.05, 4.69) is 0 Å². The third-order valence-electron chi connectivity index (χ3n) is 4.10. The molecule has 1 amide bonds. The Bertz CT molecular complexity index is 649. The van der Waals surface area contributed by atoms with Crippen LogP contribution >= 0.6 is 0 Å². The summed E-state index contributed by atoms with van der Waals surface area (Å²) in [4.78, 5) is 25.5. The molecular weight excluding hydrogens is 310 g/mol. The molecule has 1 fully saturated rings.